The Morgan fingerprint density at radius 2 is 2.26 bits per heavy atom. The Morgan fingerprint density at radius 1 is 1.42 bits per heavy atom. The summed E-state index contributed by atoms with van der Waals surface area (Å²) in [6.45, 7) is -22.2. The third kappa shape index (κ3) is 3.78. The third-order valence-electron chi connectivity index (χ3n) is 3.97. The van der Waals surface area contributed by atoms with Crippen LogP contribution in [0.3, 0.4) is 0 Å². The van der Waals surface area contributed by atoms with E-state index in [4.69, 9.17) is 40.2 Å². The number of aromatic nitrogens is 3. The van der Waals surface area contributed by atoms with Gasteiger partial charge in [-0.3, -0.25) is 9.36 Å². The number of hydrogen-bond donors (Lipinski definition) is 1. The molecule has 2 aliphatic rings. The van der Waals surface area contributed by atoms with E-state index in [-0.39, 0.29) is 0 Å². The summed E-state index contributed by atoms with van der Waals surface area (Å²) in [5, 5.41) is 12.9. The monoisotopic (exact) mass is 452 g/mol. The normalized spacial score (nSPS) is 48.7. The lowest BCUT2D eigenvalue weighted by atomic mass is 9.91. The van der Waals surface area contributed by atoms with Gasteiger partial charge < -0.3 is 14.5 Å². The van der Waals surface area contributed by atoms with Crippen molar-refractivity contribution in [1.29, 1.82) is 0 Å². The maximum absolute atomic E-state index is 14.5. The van der Waals surface area contributed by atoms with Gasteiger partial charge in [-0.2, -0.15) is 0 Å². The summed E-state index contributed by atoms with van der Waals surface area (Å²) < 4.78 is 238. The molecule has 0 aliphatic carbocycles. The molecule has 1 atom stereocenters. The van der Waals surface area contributed by atoms with Crippen molar-refractivity contribution in [2.75, 3.05) is 19.5 Å². The molecule has 1 unspecified atom stereocenters. The molecule has 7 nitrogen and oxygen atoms in total. The van der Waals surface area contributed by atoms with Crippen molar-refractivity contribution in [3.63, 3.8) is 0 Å². The molecule has 0 radical (unpaired) electrons. The molecule has 4 heterocycles. The average Bonchev–Trinajstić information content (AvgIpc) is 3.48. The molecule has 8 heteroatoms. The summed E-state index contributed by atoms with van der Waals surface area (Å²) in [6, 6.07) is -4.05. The molecule has 164 valence electrons. The Kier molecular flexibility index (Phi) is 1.65. The fourth-order valence-electron chi connectivity index (χ4n) is 2.57. The van der Waals surface area contributed by atoms with E-state index in [0.29, 0.717) is 0 Å². The fourth-order valence-corrected chi connectivity index (χ4v) is 2.57. The molecule has 0 saturated carbocycles. The molecule has 31 heavy (non-hydrogen) atoms. The molecular formula is C23H27FN4O3. The summed E-state index contributed by atoms with van der Waals surface area (Å²) in [7, 11) is 0. The van der Waals surface area contributed by atoms with Gasteiger partial charge in [0.25, 0.3) is 5.56 Å². The first-order chi connectivity index (χ1) is 25.0. The number of aryl methyl sites for hydroxylation is 1. The second-order valence-corrected chi connectivity index (χ2v) is 5.86. The highest BCUT2D eigenvalue weighted by atomic mass is 19.1. The zero-order valence-corrected chi connectivity index (χ0v) is 14.9. The Balaban J connectivity index is 1.88. The van der Waals surface area contributed by atoms with Crippen molar-refractivity contribution >= 4 is 11.0 Å². The van der Waals surface area contributed by atoms with Gasteiger partial charge in [-0.25, -0.2) is 9.37 Å². The number of halogens is 1. The maximum Gasteiger partial charge on any atom is 0.257 e. The molecule has 2 aromatic heterocycles. The highest BCUT2D eigenvalue weighted by Crippen LogP contribution is 2.32. The molecule has 1 aromatic carbocycles. The van der Waals surface area contributed by atoms with Gasteiger partial charge in [0.1, 0.15) is 17.7 Å². The third-order valence-corrected chi connectivity index (χ3v) is 3.97. The number of piperidine rings is 1. The van der Waals surface area contributed by atoms with Gasteiger partial charge in [0, 0.05) is 71.7 Å². The zero-order valence-electron chi connectivity index (χ0n) is 40.9. The molecular weight excluding hydrogens is 399 g/mol. The summed E-state index contributed by atoms with van der Waals surface area (Å²) in [4.78, 5) is 16.3. The number of aliphatic hydroxyl groups is 1. The standard InChI is InChI=1S/C23H27FN4O3/c1-14-17(23(30)28-9-2-3-19(29)22(28)25-14)8-12-27-10-6-15(7-11-27)21-18-5-4-16(24)13-20(18)31-26-21/h4-5,13,15,19,29H,2-3,6-12H2,1H3/i1D3,2D2,3D2,4D,5D,6D2,7D2,8D2,9D2,10D2,11D2,12D2,13D,15D,19D. The van der Waals surface area contributed by atoms with Crippen molar-refractivity contribution in [2.45, 2.75) is 57.2 Å². The van der Waals surface area contributed by atoms with Crippen molar-refractivity contribution in [2.24, 2.45) is 0 Å². The van der Waals surface area contributed by atoms with Crippen LogP contribution in [0, 0.1) is 12.7 Å². The summed E-state index contributed by atoms with van der Waals surface area (Å²) >= 11 is 0. The summed E-state index contributed by atoms with van der Waals surface area (Å²) in [5.41, 5.74) is -9.36. The lowest BCUT2D eigenvalue weighted by molar-refractivity contribution is 0.129. The predicted molar refractivity (Wildman–Crippen MR) is 114 cm³/mol. The van der Waals surface area contributed by atoms with Crippen LogP contribution in [0.4, 0.5) is 4.39 Å². The van der Waals surface area contributed by atoms with Crippen molar-refractivity contribution in [3.8, 4) is 0 Å². The highest BCUT2D eigenvalue weighted by molar-refractivity contribution is 5.79. The Bertz CT molecular complexity index is 2250. The number of hydrogen-bond acceptors (Lipinski definition) is 6. The van der Waals surface area contributed by atoms with Gasteiger partial charge in [0.05, 0.1) is 11.2 Å². The molecule has 0 amide bonds. The van der Waals surface area contributed by atoms with Gasteiger partial charge in [0.15, 0.2) is 5.58 Å². The van der Waals surface area contributed by atoms with Crippen LogP contribution in [0.5, 0.6) is 0 Å². The van der Waals surface area contributed by atoms with Crippen molar-refractivity contribution in [3.05, 3.63) is 57.1 Å². The quantitative estimate of drug-likeness (QED) is 0.655. The first kappa shape index (κ1) is 6.26. The second-order valence-electron chi connectivity index (χ2n) is 5.86. The number of nitrogens with zero attached hydrogens (tertiary/aromatic N) is 4. The van der Waals surface area contributed by atoms with Crippen molar-refractivity contribution in [1.82, 2.24) is 19.6 Å². The van der Waals surface area contributed by atoms with E-state index < -0.39 is 149 Å². The Morgan fingerprint density at radius 3 is 3.06 bits per heavy atom. The van der Waals surface area contributed by atoms with E-state index in [2.05, 4.69) is 10.1 Å². The minimum absolute atomic E-state index is 0.690. The number of likely N-dealkylation sites (tertiary alicyclic amines) is 1. The molecule has 0 spiro atoms. The minimum atomic E-state index is -4.83. The SMILES string of the molecule is [2H]c1c(F)c([2H])c2onc(C3([2H])C([2H])([2H])C([2H])([2H])N(C([2H])([2H])C([2H])([2H])c4c(C([2H])([2H])[2H])nc5n(c4=O)C([2H])([2H])C([2H])([2H])C([2H])([2H])C5([2H])O)C([2H])([2H])C3([2H])[2H])c2c1[2H]. The largest absolute Gasteiger partial charge is 0.385 e. The first-order valence-corrected chi connectivity index (χ1v) is 8.27. The van der Waals surface area contributed by atoms with E-state index >= 15 is 0 Å². The highest BCUT2D eigenvalue weighted by Gasteiger charge is 2.26. The van der Waals surface area contributed by atoms with E-state index in [1.165, 1.54) is 0 Å². The first-order valence-electron chi connectivity index (χ1n) is 21.3. The predicted octanol–water partition coefficient (Wildman–Crippen LogP) is 3.08. The van der Waals surface area contributed by atoms with Gasteiger partial charge in [-0.05, 0) is 63.8 Å². The van der Waals surface area contributed by atoms with Gasteiger partial charge >= 0.3 is 0 Å². The molecule has 3 aromatic rings. The van der Waals surface area contributed by atoms with Crippen LogP contribution in [0.15, 0.2) is 27.4 Å². The second kappa shape index (κ2) is 8.16. The van der Waals surface area contributed by atoms with Gasteiger partial charge in [0.2, 0.25) is 0 Å². The fraction of sp³-hybridized carbons (Fsp3) is 0.522. The average molecular weight is 453 g/mol. The minimum Gasteiger partial charge on any atom is -0.385 e. The molecule has 1 N–H and O–H groups in total. The topological polar surface area (TPSA) is 84.4 Å². The summed E-state index contributed by atoms with van der Waals surface area (Å²) in [5.74, 6) is -7.81. The van der Waals surface area contributed by atoms with Crippen LogP contribution >= 0.6 is 0 Å². The van der Waals surface area contributed by atoms with Crippen LogP contribution in [0.25, 0.3) is 11.0 Å². The number of fused-ring (bicyclic) bond motifs is 2. The number of benzene rings is 1. The summed E-state index contributed by atoms with van der Waals surface area (Å²) in [6.07, 6.45) is -26.1. The van der Waals surface area contributed by atoms with E-state index in [0.717, 1.165) is 0 Å². The van der Waals surface area contributed by atoms with Gasteiger partial charge in [-0.1, -0.05) is 5.16 Å². The molecule has 1 fully saturated rings. The smallest absolute Gasteiger partial charge is 0.257 e. The van der Waals surface area contributed by atoms with Crippen LogP contribution < -0.4 is 5.56 Å². The van der Waals surface area contributed by atoms with Crippen LogP contribution in [0.1, 0.15) is 95.9 Å². The van der Waals surface area contributed by atoms with Crippen LogP contribution in [-0.4, -0.2) is 44.2 Å². The van der Waals surface area contributed by atoms with E-state index in [1.54, 1.807) is 0 Å². The molecule has 5 rings (SSSR count). The Hall–Kier alpha value is -2.58. The van der Waals surface area contributed by atoms with Crippen LogP contribution in [0.2, 0.25) is 0 Å². The Labute approximate surface area is 216 Å². The maximum atomic E-state index is 14.5. The lowest BCUT2D eigenvalue weighted by Gasteiger charge is -2.31. The number of rotatable bonds is 4. The molecule has 0 bridgehead atoms. The van der Waals surface area contributed by atoms with Crippen molar-refractivity contribution < 1.29 is 49.7 Å². The van der Waals surface area contributed by atoms with E-state index in [9.17, 15) is 14.3 Å². The molecule has 1 saturated heterocycles. The molecule has 2 aliphatic heterocycles. The lowest BCUT2D eigenvalue weighted by Crippen LogP contribution is -2.37. The van der Waals surface area contributed by atoms with Crippen LogP contribution in [-0.2, 0) is 12.9 Å². The van der Waals surface area contributed by atoms with Gasteiger partial charge in [-0.15, -0.1) is 0 Å². The van der Waals surface area contributed by atoms with E-state index in [1.807, 2.05) is 0 Å². The zero-order chi connectivity index (χ0) is 44.6.